The molecule has 0 aliphatic carbocycles. The van der Waals surface area contributed by atoms with Crippen LogP contribution in [0, 0.1) is 6.92 Å². The van der Waals surface area contributed by atoms with E-state index >= 15 is 0 Å². The average Bonchev–Trinajstić information content (AvgIpc) is 2.89. The van der Waals surface area contributed by atoms with Crippen LogP contribution >= 0.6 is 23.8 Å². The van der Waals surface area contributed by atoms with Gasteiger partial charge in [-0.15, -0.1) is 0 Å². The first-order valence-corrected chi connectivity index (χ1v) is 13.8. The van der Waals surface area contributed by atoms with E-state index in [0.29, 0.717) is 53.9 Å². The fourth-order valence-corrected chi connectivity index (χ4v) is 6.02. The number of hydrogen-bond donors (Lipinski definition) is 2. The van der Waals surface area contributed by atoms with Crippen LogP contribution in [-0.4, -0.2) is 57.0 Å². The van der Waals surface area contributed by atoms with Crippen molar-refractivity contribution in [3.05, 3.63) is 82.9 Å². The molecule has 1 aliphatic rings. The highest BCUT2D eigenvalue weighted by molar-refractivity contribution is 7.89. The van der Waals surface area contributed by atoms with E-state index in [1.165, 1.54) is 11.4 Å². The number of rotatable bonds is 6. The molecule has 2 N–H and O–H groups in total. The van der Waals surface area contributed by atoms with Gasteiger partial charge in [0.25, 0.3) is 5.91 Å². The molecule has 11 heteroatoms. The van der Waals surface area contributed by atoms with Gasteiger partial charge in [-0.2, -0.15) is 4.31 Å². The van der Waals surface area contributed by atoms with Gasteiger partial charge in [0.05, 0.1) is 34.0 Å². The zero-order valence-corrected chi connectivity index (χ0v) is 22.8. The topological polar surface area (TPSA) is 91.0 Å². The Kier molecular flexibility index (Phi) is 8.33. The molecule has 1 heterocycles. The number of benzene rings is 3. The standard InChI is InChI=1S/C26H27ClN4O4S2/c1-18-10-12-19(13-11-18)37(33,34)31-16-14-30(15-17-31)24-21(27)7-5-8-22(24)28-26(36)29-25(32)20-6-3-4-9-23(20)35-2/h3-13H,14-17H2,1-2H3,(H2,28,29,32,36). The molecular weight excluding hydrogens is 532 g/mol. The quantitative estimate of drug-likeness (QED) is 0.436. The van der Waals surface area contributed by atoms with E-state index in [9.17, 15) is 13.2 Å². The number of sulfonamides is 1. The first kappa shape index (κ1) is 26.9. The van der Waals surface area contributed by atoms with Crippen LogP contribution in [0.15, 0.2) is 71.6 Å². The van der Waals surface area contributed by atoms with Crippen molar-refractivity contribution in [2.45, 2.75) is 11.8 Å². The number of methoxy groups -OCH3 is 1. The van der Waals surface area contributed by atoms with Crippen LogP contribution in [0.3, 0.4) is 0 Å². The third-order valence-electron chi connectivity index (χ3n) is 6.03. The van der Waals surface area contributed by atoms with E-state index in [2.05, 4.69) is 10.6 Å². The Morgan fingerprint density at radius 1 is 0.973 bits per heavy atom. The Bertz CT molecular complexity index is 1410. The Labute approximate surface area is 227 Å². The first-order chi connectivity index (χ1) is 17.7. The van der Waals surface area contributed by atoms with Gasteiger partial charge in [0.15, 0.2) is 5.11 Å². The molecule has 0 aromatic heterocycles. The van der Waals surface area contributed by atoms with Crippen molar-refractivity contribution < 1.29 is 17.9 Å². The van der Waals surface area contributed by atoms with Gasteiger partial charge in [0, 0.05) is 26.2 Å². The van der Waals surface area contributed by atoms with Crippen LogP contribution < -0.4 is 20.3 Å². The molecule has 4 rings (SSSR count). The molecule has 0 saturated carbocycles. The van der Waals surface area contributed by atoms with Crippen molar-refractivity contribution in [1.82, 2.24) is 9.62 Å². The highest BCUT2D eigenvalue weighted by Crippen LogP contribution is 2.35. The zero-order chi connectivity index (χ0) is 26.6. The minimum atomic E-state index is -3.59. The van der Waals surface area contributed by atoms with E-state index in [-0.39, 0.29) is 10.0 Å². The summed E-state index contributed by atoms with van der Waals surface area (Å²) in [5, 5.41) is 6.31. The van der Waals surface area contributed by atoms with Crippen molar-refractivity contribution in [2.75, 3.05) is 43.5 Å². The van der Waals surface area contributed by atoms with E-state index in [1.807, 2.05) is 11.8 Å². The summed E-state index contributed by atoms with van der Waals surface area (Å²) in [4.78, 5) is 15.0. The van der Waals surface area contributed by atoms with Gasteiger partial charge < -0.3 is 15.0 Å². The minimum Gasteiger partial charge on any atom is -0.496 e. The number of amides is 1. The lowest BCUT2D eigenvalue weighted by Crippen LogP contribution is -2.49. The molecule has 3 aromatic carbocycles. The second-order valence-electron chi connectivity index (χ2n) is 8.45. The summed E-state index contributed by atoms with van der Waals surface area (Å²) < 4.78 is 32.9. The SMILES string of the molecule is COc1ccccc1C(=O)NC(=S)Nc1cccc(Cl)c1N1CCN(S(=O)(=O)c2ccc(C)cc2)CC1. The maximum Gasteiger partial charge on any atom is 0.261 e. The Morgan fingerprint density at radius 3 is 2.32 bits per heavy atom. The molecule has 3 aromatic rings. The maximum absolute atomic E-state index is 13.1. The summed E-state index contributed by atoms with van der Waals surface area (Å²) in [6.45, 7) is 3.39. The van der Waals surface area contributed by atoms with E-state index in [1.54, 1.807) is 66.7 Å². The third kappa shape index (κ3) is 6.04. The molecule has 1 aliphatic heterocycles. The third-order valence-corrected chi connectivity index (χ3v) is 8.45. The van der Waals surface area contributed by atoms with Crippen LogP contribution in [-0.2, 0) is 10.0 Å². The number of halogens is 1. The second-order valence-corrected chi connectivity index (χ2v) is 11.2. The van der Waals surface area contributed by atoms with E-state index in [0.717, 1.165) is 5.56 Å². The number of hydrogen-bond acceptors (Lipinski definition) is 6. The van der Waals surface area contributed by atoms with Crippen molar-refractivity contribution in [3.8, 4) is 5.75 Å². The summed E-state index contributed by atoms with van der Waals surface area (Å²) in [6.07, 6.45) is 0. The molecule has 0 unspecified atom stereocenters. The molecule has 0 atom stereocenters. The predicted octanol–water partition coefficient (Wildman–Crippen LogP) is 4.29. The zero-order valence-electron chi connectivity index (χ0n) is 20.4. The fraction of sp³-hybridized carbons (Fsp3) is 0.231. The summed E-state index contributed by atoms with van der Waals surface area (Å²) >= 11 is 12.0. The Morgan fingerprint density at radius 2 is 1.65 bits per heavy atom. The summed E-state index contributed by atoms with van der Waals surface area (Å²) in [7, 11) is -2.10. The smallest absolute Gasteiger partial charge is 0.261 e. The molecule has 1 saturated heterocycles. The van der Waals surface area contributed by atoms with Crippen molar-refractivity contribution >= 4 is 56.2 Å². The number of carbonyl (C=O) groups excluding carboxylic acids is 1. The number of anilines is 2. The van der Waals surface area contributed by atoms with Crippen LogP contribution in [0.2, 0.25) is 5.02 Å². The fourth-order valence-electron chi connectivity index (χ4n) is 4.11. The summed E-state index contributed by atoms with van der Waals surface area (Å²) in [5.41, 5.74) is 2.64. The Balaban J connectivity index is 1.46. The lowest BCUT2D eigenvalue weighted by Gasteiger charge is -2.36. The van der Waals surface area contributed by atoms with Crippen LogP contribution in [0.25, 0.3) is 0 Å². The molecule has 194 valence electrons. The van der Waals surface area contributed by atoms with Crippen LogP contribution in [0.5, 0.6) is 5.75 Å². The molecule has 0 radical (unpaired) electrons. The maximum atomic E-state index is 13.1. The molecule has 1 amide bonds. The van der Waals surface area contributed by atoms with E-state index in [4.69, 9.17) is 28.6 Å². The monoisotopic (exact) mass is 558 g/mol. The lowest BCUT2D eigenvalue weighted by atomic mass is 10.2. The largest absolute Gasteiger partial charge is 0.496 e. The van der Waals surface area contributed by atoms with Gasteiger partial charge in [-0.25, -0.2) is 8.42 Å². The molecular formula is C26H27ClN4O4S2. The molecule has 37 heavy (non-hydrogen) atoms. The highest BCUT2D eigenvalue weighted by atomic mass is 35.5. The van der Waals surface area contributed by atoms with Crippen molar-refractivity contribution in [1.29, 1.82) is 0 Å². The van der Waals surface area contributed by atoms with Gasteiger partial charge in [0.1, 0.15) is 5.75 Å². The summed E-state index contributed by atoms with van der Waals surface area (Å²) in [5.74, 6) is 0.0261. The molecule has 1 fully saturated rings. The second kappa shape index (κ2) is 11.5. The van der Waals surface area contributed by atoms with Gasteiger partial charge in [0.2, 0.25) is 10.0 Å². The number of carbonyl (C=O) groups is 1. The van der Waals surface area contributed by atoms with Crippen LogP contribution in [0.4, 0.5) is 11.4 Å². The summed E-state index contributed by atoms with van der Waals surface area (Å²) in [6, 6.07) is 19.0. The van der Waals surface area contributed by atoms with Gasteiger partial charge in [-0.05, 0) is 55.5 Å². The molecule has 8 nitrogen and oxygen atoms in total. The van der Waals surface area contributed by atoms with Crippen molar-refractivity contribution in [3.63, 3.8) is 0 Å². The number of nitrogens with zero attached hydrogens (tertiary/aromatic N) is 2. The predicted molar refractivity (Wildman–Crippen MR) is 150 cm³/mol. The van der Waals surface area contributed by atoms with Gasteiger partial charge in [-0.1, -0.05) is 47.5 Å². The number of aryl methyl sites for hydroxylation is 1. The number of para-hydroxylation sites is 2. The number of thiocarbonyl (C=S) groups is 1. The van der Waals surface area contributed by atoms with Gasteiger partial charge >= 0.3 is 0 Å². The Hall–Kier alpha value is -3.18. The van der Waals surface area contributed by atoms with Gasteiger partial charge in [-0.3, -0.25) is 10.1 Å². The first-order valence-electron chi connectivity index (χ1n) is 11.6. The number of nitrogens with one attached hydrogen (secondary N) is 2. The number of piperazine rings is 1. The molecule has 0 spiro atoms. The normalized spacial score (nSPS) is 14.2. The lowest BCUT2D eigenvalue weighted by molar-refractivity contribution is 0.0974. The highest BCUT2D eigenvalue weighted by Gasteiger charge is 2.30. The van der Waals surface area contributed by atoms with Crippen LogP contribution in [0.1, 0.15) is 15.9 Å². The van der Waals surface area contributed by atoms with E-state index < -0.39 is 15.9 Å². The van der Waals surface area contributed by atoms with Crippen molar-refractivity contribution in [2.24, 2.45) is 0 Å². The molecule has 0 bridgehead atoms. The average molecular weight is 559 g/mol. The minimum absolute atomic E-state index is 0.0972. The number of ether oxygens (including phenoxy) is 1.